The van der Waals surface area contributed by atoms with Crippen LogP contribution in [0.1, 0.15) is 31.8 Å². The van der Waals surface area contributed by atoms with Crippen LogP contribution in [0, 0.1) is 6.92 Å². The molecule has 1 fully saturated rings. The van der Waals surface area contributed by atoms with Gasteiger partial charge in [-0.05, 0) is 27.2 Å². The van der Waals surface area contributed by atoms with Crippen molar-refractivity contribution in [2.75, 3.05) is 6.61 Å². The summed E-state index contributed by atoms with van der Waals surface area (Å²) in [5, 5.41) is 4.46. The van der Waals surface area contributed by atoms with Gasteiger partial charge in [0.15, 0.2) is 5.65 Å². The lowest BCUT2D eigenvalue weighted by Crippen LogP contribution is -2.38. The third-order valence-electron chi connectivity index (χ3n) is 4.35. The number of imidazole rings is 1. The molecule has 2 aromatic rings. The number of rotatable bonds is 2. The standard InChI is InChI=1S/C13H19ClN4O/c1-8-11-12(17(4)16-8)18(10(7-14)15-11)13(3)5-6-19-9(13)2/h9H,5-7H2,1-4H3. The first kappa shape index (κ1) is 12.9. The van der Waals surface area contributed by atoms with Crippen LogP contribution in [0.2, 0.25) is 0 Å². The molecule has 0 saturated carbocycles. The Bertz CT molecular complexity index is 632. The number of hydrogen-bond acceptors (Lipinski definition) is 3. The number of ether oxygens (including phenoxy) is 1. The van der Waals surface area contributed by atoms with Crippen LogP contribution in [0.15, 0.2) is 0 Å². The van der Waals surface area contributed by atoms with Gasteiger partial charge >= 0.3 is 0 Å². The molecule has 2 aromatic heterocycles. The molecule has 0 radical (unpaired) electrons. The molecule has 2 unspecified atom stereocenters. The summed E-state index contributed by atoms with van der Waals surface area (Å²) in [6.45, 7) is 7.08. The number of alkyl halides is 1. The zero-order valence-electron chi connectivity index (χ0n) is 11.8. The summed E-state index contributed by atoms with van der Waals surface area (Å²) in [5.74, 6) is 1.30. The molecule has 0 spiro atoms. The average Bonchev–Trinajstić information content (AvgIpc) is 2.98. The first-order chi connectivity index (χ1) is 8.99. The third-order valence-corrected chi connectivity index (χ3v) is 4.59. The Balaban J connectivity index is 2.32. The van der Waals surface area contributed by atoms with Gasteiger partial charge in [0.25, 0.3) is 0 Å². The van der Waals surface area contributed by atoms with Crippen molar-refractivity contribution in [3.63, 3.8) is 0 Å². The second-order valence-electron chi connectivity index (χ2n) is 5.50. The lowest BCUT2D eigenvalue weighted by Gasteiger charge is -2.31. The largest absolute Gasteiger partial charge is 0.376 e. The van der Waals surface area contributed by atoms with Gasteiger partial charge < -0.3 is 9.30 Å². The van der Waals surface area contributed by atoms with Gasteiger partial charge in [0.05, 0.1) is 23.2 Å². The van der Waals surface area contributed by atoms with Crippen molar-refractivity contribution in [2.45, 2.75) is 44.7 Å². The van der Waals surface area contributed by atoms with Crippen LogP contribution in [0.5, 0.6) is 0 Å². The first-order valence-electron chi connectivity index (χ1n) is 6.58. The Kier molecular flexibility index (Phi) is 2.87. The highest BCUT2D eigenvalue weighted by molar-refractivity contribution is 6.16. The van der Waals surface area contributed by atoms with Crippen LogP contribution in [0.4, 0.5) is 0 Å². The van der Waals surface area contributed by atoms with E-state index in [1.807, 2.05) is 18.7 Å². The van der Waals surface area contributed by atoms with Gasteiger partial charge in [-0.15, -0.1) is 11.6 Å². The Morgan fingerprint density at radius 1 is 1.53 bits per heavy atom. The molecule has 1 aliphatic heterocycles. The van der Waals surface area contributed by atoms with Gasteiger partial charge in [-0.3, -0.25) is 4.68 Å². The second-order valence-corrected chi connectivity index (χ2v) is 5.77. The van der Waals surface area contributed by atoms with Crippen LogP contribution < -0.4 is 0 Å². The Labute approximate surface area is 117 Å². The molecule has 0 N–H and O–H groups in total. The third kappa shape index (κ3) is 1.64. The number of halogens is 1. The summed E-state index contributed by atoms with van der Waals surface area (Å²) in [6.07, 6.45) is 1.11. The van der Waals surface area contributed by atoms with Gasteiger partial charge in [-0.2, -0.15) is 5.10 Å². The zero-order chi connectivity index (χ0) is 13.8. The van der Waals surface area contributed by atoms with E-state index >= 15 is 0 Å². The molecule has 0 amide bonds. The molecule has 3 rings (SSSR count). The fourth-order valence-corrected chi connectivity index (χ4v) is 3.24. The molecule has 0 aromatic carbocycles. The van der Waals surface area contributed by atoms with E-state index < -0.39 is 0 Å². The fraction of sp³-hybridized carbons (Fsp3) is 0.692. The SMILES string of the molecule is Cc1nn(C)c2c1nc(CCl)n2C1(C)CCOC1C. The summed E-state index contributed by atoms with van der Waals surface area (Å²) in [6, 6.07) is 0. The van der Waals surface area contributed by atoms with Crippen LogP contribution in [0.25, 0.3) is 11.2 Å². The number of nitrogens with zero attached hydrogens (tertiary/aromatic N) is 4. The molecule has 1 saturated heterocycles. The topological polar surface area (TPSA) is 44.9 Å². The van der Waals surface area contributed by atoms with E-state index in [1.54, 1.807) is 0 Å². The predicted molar refractivity (Wildman–Crippen MR) is 74.5 cm³/mol. The normalized spacial score (nSPS) is 27.5. The monoisotopic (exact) mass is 282 g/mol. The molecule has 0 aliphatic carbocycles. The molecule has 104 valence electrons. The number of fused-ring (bicyclic) bond motifs is 1. The van der Waals surface area contributed by atoms with E-state index in [4.69, 9.17) is 16.3 Å². The highest BCUT2D eigenvalue weighted by Crippen LogP contribution is 2.37. The van der Waals surface area contributed by atoms with Crippen LogP contribution in [-0.2, 0) is 23.2 Å². The molecular weight excluding hydrogens is 264 g/mol. The fourth-order valence-electron chi connectivity index (χ4n) is 3.06. The molecule has 2 atom stereocenters. The highest BCUT2D eigenvalue weighted by Gasteiger charge is 2.42. The summed E-state index contributed by atoms with van der Waals surface area (Å²) >= 11 is 6.10. The maximum atomic E-state index is 6.10. The van der Waals surface area contributed by atoms with Crippen molar-refractivity contribution in [1.82, 2.24) is 19.3 Å². The van der Waals surface area contributed by atoms with Crippen molar-refractivity contribution >= 4 is 22.8 Å². The molecular formula is C13H19ClN4O. The summed E-state index contributed by atoms with van der Waals surface area (Å²) in [5.41, 5.74) is 2.81. The van der Waals surface area contributed by atoms with Crippen molar-refractivity contribution in [3.05, 3.63) is 11.5 Å². The van der Waals surface area contributed by atoms with E-state index in [0.29, 0.717) is 5.88 Å². The van der Waals surface area contributed by atoms with E-state index in [-0.39, 0.29) is 11.6 Å². The highest BCUT2D eigenvalue weighted by atomic mass is 35.5. The van der Waals surface area contributed by atoms with Crippen molar-refractivity contribution in [2.24, 2.45) is 7.05 Å². The maximum Gasteiger partial charge on any atom is 0.159 e. The van der Waals surface area contributed by atoms with Gasteiger partial charge in [-0.25, -0.2) is 4.98 Å². The zero-order valence-corrected chi connectivity index (χ0v) is 12.5. The van der Waals surface area contributed by atoms with Gasteiger partial charge in [0, 0.05) is 13.7 Å². The van der Waals surface area contributed by atoms with E-state index in [1.165, 1.54) is 0 Å². The van der Waals surface area contributed by atoms with Crippen molar-refractivity contribution in [1.29, 1.82) is 0 Å². The number of hydrogen-bond donors (Lipinski definition) is 0. The Hall–Kier alpha value is -1.07. The van der Waals surface area contributed by atoms with E-state index in [2.05, 4.69) is 28.5 Å². The lowest BCUT2D eigenvalue weighted by molar-refractivity contribution is 0.0762. The number of aromatic nitrogens is 4. The summed E-state index contributed by atoms with van der Waals surface area (Å²) in [7, 11) is 1.95. The minimum atomic E-state index is -0.112. The van der Waals surface area contributed by atoms with Gasteiger partial charge in [-0.1, -0.05) is 0 Å². The number of aryl methyl sites for hydroxylation is 2. The molecule has 6 heteroatoms. The molecule has 3 heterocycles. The summed E-state index contributed by atoms with van der Waals surface area (Å²) < 4.78 is 9.89. The van der Waals surface area contributed by atoms with E-state index in [9.17, 15) is 0 Å². The molecule has 19 heavy (non-hydrogen) atoms. The van der Waals surface area contributed by atoms with E-state index in [0.717, 1.165) is 35.7 Å². The van der Waals surface area contributed by atoms with Gasteiger partial charge in [0.1, 0.15) is 11.3 Å². The van der Waals surface area contributed by atoms with Crippen LogP contribution >= 0.6 is 11.6 Å². The molecule has 5 nitrogen and oxygen atoms in total. The lowest BCUT2D eigenvalue weighted by atomic mass is 9.94. The predicted octanol–water partition coefficient (Wildman–Crippen LogP) is 2.34. The van der Waals surface area contributed by atoms with Crippen LogP contribution in [0.3, 0.4) is 0 Å². The molecule has 1 aliphatic rings. The Morgan fingerprint density at radius 3 is 2.84 bits per heavy atom. The first-order valence-corrected chi connectivity index (χ1v) is 7.11. The second kappa shape index (κ2) is 4.21. The van der Waals surface area contributed by atoms with Gasteiger partial charge in [0.2, 0.25) is 0 Å². The quantitative estimate of drug-likeness (QED) is 0.794. The minimum absolute atomic E-state index is 0.112. The van der Waals surface area contributed by atoms with Crippen LogP contribution in [-0.4, -0.2) is 32.0 Å². The minimum Gasteiger partial charge on any atom is -0.376 e. The Morgan fingerprint density at radius 2 is 2.26 bits per heavy atom. The smallest absolute Gasteiger partial charge is 0.159 e. The van der Waals surface area contributed by atoms with Crippen molar-refractivity contribution < 1.29 is 4.74 Å². The average molecular weight is 283 g/mol. The summed E-state index contributed by atoms with van der Waals surface area (Å²) in [4.78, 5) is 4.67. The molecule has 0 bridgehead atoms. The maximum absolute atomic E-state index is 6.10. The van der Waals surface area contributed by atoms with Crippen molar-refractivity contribution in [3.8, 4) is 0 Å².